The van der Waals surface area contributed by atoms with Crippen LogP contribution in [-0.2, 0) is 5.91 Å². The lowest BCUT2D eigenvalue weighted by Crippen LogP contribution is -2.53. The van der Waals surface area contributed by atoms with Crippen molar-refractivity contribution in [1.29, 1.82) is 0 Å². The molecule has 3 aromatic rings. The van der Waals surface area contributed by atoms with Crippen molar-refractivity contribution in [3.8, 4) is 16.9 Å². The van der Waals surface area contributed by atoms with Gasteiger partial charge in [0.2, 0.25) is 0 Å². The van der Waals surface area contributed by atoms with Gasteiger partial charge in [-0.2, -0.15) is 11.3 Å². The zero-order valence-electron chi connectivity index (χ0n) is 19.5. The maximum absolute atomic E-state index is 13.4. The summed E-state index contributed by atoms with van der Waals surface area (Å²) in [6, 6.07) is 15.5. The molecule has 0 atom stereocenters. The number of hydrogen-bond acceptors (Lipinski definition) is 5. The van der Waals surface area contributed by atoms with Gasteiger partial charge >= 0.3 is 0 Å². The van der Waals surface area contributed by atoms with Gasteiger partial charge in [0, 0.05) is 11.6 Å². The van der Waals surface area contributed by atoms with Crippen molar-refractivity contribution in [3.63, 3.8) is 0 Å². The summed E-state index contributed by atoms with van der Waals surface area (Å²) in [5.74, 6) is -2.63. The first kappa shape index (κ1) is 25.0. The van der Waals surface area contributed by atoms with Gasteiger partial charge in [-0.15, -0.1) is 0 Å². The molecule has 5 nitrogen and oxygen atoms in total. The van der Waals surface area contributed by atoms with Crippen LogP contribution in [0.1, 0.15) is 62.4 Å². The zero-order valence-corrected chi connectivity index (χ0v) is 20.3. The fourth-order valence-electron chi connectivity index (χ4n) is 3.82. The molecule has 3 rings (SSSR count). The number of amides is 1. The van der Waals surface area contributed by atoms with Gasteiger partial charge in [-0.3, -0.25) is 9.69 Å². The van der Waals surface area contributed by atoms with Crippen LogP contribution in [-0.4, -0.2) is 33.7 Å². The quantitative estimate of drug-likeness (QED) is 0.267. The van der Waals surface area contributed by atoms with Gasteiger partial charge in [0.1, 0.15) is 5.75 Å². The summed E-state index contributed by atoms with van der Waals surface area (Å²) in [5, 5.41) is 26.6. The number of rotatable bonds is 11. The van der Waals surface area contributed by atoms with Crippen LogP contribution in [0.3, 0.4) is 0 Å². The third kappa shape index (κ3) is 6.02. The first-order chi connectivity index (χ1) is 15.9. The average Bonchev–Trinajstić information content (AvgIpc) is 3.34. The summed E-state index contributed by atoms with van der Waals surface area (Å²) >= 11 is 1.61. The number of ether oxygens (including phenoxy) is 1. The SMILES string of the molecule is CCCCCCOc1ccccc1C(O)(O)N(C(=O)c1ccc(-c2ccsc2)cc1)C(C)C. The Morgan fingerprint density at radius 2 is 1.73 bits per heavy atom. The molecule has 33 heavy (non-hydrogen) atoms. The fourth-order valence-corrected chi connectivity index (χ4v) is 4.48. The molecule has 176 valence electrons. The summed E-state index contributed by atoms with van der Waals surface area (Å²) in [4.78, 5) is 14.5. The van der Waals surface area contributed by atoms with E-state index in [9.17, 15) is 15.0 Å². The van der Waals surface area contributed by atoms with E-state index in [1.807, 2.05) is 29.0 Å². The molecule has 0 aliphatic rings. The van der Waals surface area contributed by atoms with Crippen molar-refractivity contribution in [3.05, 3.63) is 76.5 Å². The van der Waals surface area contributed by atoms with Crippen LogP contribution < -0.4 is 4.74 Å². The lowest BCUT2D eigenvalue weighted by Gasteiger charge is -2.39. The summed E-state index contributed by atoms with van der Waals surface area (Å²) in [5.41, 5.74) is 2.62. The van der Waals surface area contributed by atoms with Crippen molar-refractivity contribution < 1.29 is 19.7 Å². The molecule has 1 aromatic heterocycles. The van der Waals surface area contributed by atoms with Crippen LogP contribution >= 0.6 is 11.3 Å². The monoisotopic (exact) mass is 467 g/mol. The molecule has 0 radical (unpaired) electrons. The van der Waals surface area contributed by atoms with E-state index in [0.29, 0.717) is 17.9 Å². The molecule has 2 aromatic carbocycles. The minimum atomic E-state index is -2.53. The number of aliphatic hydroxyl groups is 2. The number of unbranched alkanes of at least 4 members (excludes halogenated alkanes) is 3. The van der Waals surface area contributed by atoms with Gasteiger partial charge in [-0.1, -0.05) is 50.5 Å². The topological polar surface area (TPSA) is 70.0 Å². The van der Waals surface area contributed by atoms with Crippen LogP contribution in [0.15, 0.2) is 65.4 Å². The van der Waals surface area contributed by atoms with Crippen molar-refractivity contribution in [1.82, 2.24) is 4.90 Å². The molecule has 0 saturated heterocycles. The number of nitrogens with zero attached hydrogens (tertiary/aromatic N) is 1. The van der Waals surface area contributed by atoms with Crippen LogP contribution in [0.25, 0.3) is 11.1 Å². The maximum atomic E-state index is 13.4. The molecule has 0 aliphatic heterocycles. The van der Waals surface area contributed by atoms with Crippen LogP contribution in [0.5, 0.6) is 5.75 Å². The van der Waals surface area contributed by atoms with E-state index in [0.717, 1.165) is 41.7 Å². The molecule has 2 N–H and O–H groups in total. The minimum Gasteiger partial charge on any atom is -0.493 e. The third-order valence-electron chi connectivity index (χ3n) is 5.56. The predicted octanol–water partition coefficient (Wildman–Crippen LogP) is 6.02. The van der Waals surface area contributed by atoms with Crippen LogP contribution in [0.2, 0.25) is 0 Å². The second-order valence-corrected chi connectivity index (χ2v) is 9.18. The lowest BCUT2D eigenvalue weighted by molar-refractivity contribution is -0.264. The van der Waals surface area contributed by atoms with Crippen molar-refractivity contribution >= 4 is 17.2 Å². The number of thiophene rings is 1. The van der Waals surface area contributed by atoms with Gasteiger partial charge in [0.25, 0.3) is 11.8 Å². The number of para-hydroxylation sites is 1. The Balaban J connectivity index is 1.84. The van der Waals surface area contributed by atoms with E-state index < -0.39 is 17.9 Å². The molecule has 0 spiro atoms. The normalized spacial score (nSPS) is 11.6. The Labute approximate surface area is 200 Å². The highest BCUT2D eigenvalue weighted by Gasteiger charge is 2.42. The molecule has 0 aliphatic carbocycles. The van der Waals surface area contributed by atoms with E-state index in [-0.39, 0.29) is 5.56 Å². The first-order valence-electron chi connectivity index (χ1n) is 11.5. The maximum Gasteiger partial charge on any atom is 0.281 e. The van der Waals surface area contributed by atoms with Crippen LogP contribution in [0.4, 0.5) is 0 Å². The molecule has 0 bridgehead atoms. The van der Waals surface area contributed by atoms with Gasteiger partial charge in [-0.25, -0.2) is 0 Å². The second-order valence-electron chi connectivity index (χ2n) is 8.40. The molecule has 0 unspecified atom stereocenters. The summed E-state index contributed by atoms with van der Waals surface area (Å²) in [6.07, 6.45) is 4.21. The Morgan fingerprint density at radius 3 is 2.36 bits per heavy atom. The number of carbonyl (C=O) groups excluding carboxylic acids is 1. The standard InChI is InChI=1S/C27H33NO4S/c1-4-5-6-9-17-32-25-11-8-7-10-24(25)27(30,31)28(20(2)3)26(29)22-14-12-21(13-15-22)23-16-18-33-19-23/h7-8,10-16,18-20,30-31H,4-6,9,17H2,1-3H3. The number of hydrogen-bond donors (Lipinski definition) is 2. The van der Waals surface area contributed by atoms with Crippen LogP contribution in [0, 0.1) is 0 Å². The minimum absolute atomic E-state index is 0.150. The first-order valence-corrected chi connectivity index (χ1v) is 12.4. The summed E-state index contributed by atoms with van der Waals surface area (Å²) in [7, 11) is 0. The van der Waals surface area contributed by atoms with Crippen molar-refractivity contribution in [2.75, 3.05) is 6.61 Å². The molecule has 1 amide bonds. The average molecular weight is 468 g/mol. The molecule has 1 heterocycles. The van der Waals surface area contributed by atoms with Gasteiger partial charge < -0.3 is 14.9 Å². The Bertz CT molecular complexity index is 1010. The van der Waals surface area contributed by atoms with Gasteiger partial charge in [0.05, 0.1) is 12.2 Å². The second kappa shape index (κ2) is 11.5. The smallest absolute Gasteiger partial charge is 0.281 e. The molecular weight excluding hydrogens is 434 g/mol. The zero-order chi connectivity index (χ0) is 23.8. The predicted molar refractivity (Wildman–Crippen MR) is 133 cm³/mol. The van der Waals surface area contributed by atoms with Crippen molar-refractivity contribution in [2.45, 2.75) is 58.4 Å². The Hall–Kier alpha value is -2.67. The lowest BCUT2D eigenvalue weighted by atomic mass is 10.0. The molecule has 6 heteroatoms. The van der Waals surface area contributed by atoms with E-state index in [4.69, 9.17) is 4.74 Å². The highest BCUT2D eigenvalue weighted by Crippen LogP contribution is 2.34. The van der Waals surface area contributed by atoms with Gasteiger partial charge in [0.15, 0.2) is 0 Å². The molecule has 0 fully saturated rings. The van der Waals surface area contributed by atoms with Gasteiger partial charge in [-0.05, 0) is 72.5 Å². The number of benzene rings is 2. The van der Waals surface area contributed by atoms with Crippen molar-refractivity contribution in [2.24, 2.45) is 0 Å². The Kier molecular flexibility index (Phi) is 8.67. The van der Waals surface area contributed by atoms with E-state index in [1.54, 1.807) is 61.6 Å². The number of carbonyl (C=O) groups is 1. The highest BCUT2D eigenvalue weighted by atomic mass is 32.1. The largest absolute Gasteiger partial charge is 0.493 e. The third-order valence-corrected chi connectivity index (χ3v) is 6.24. The van der Waals surface area contributed by atoms with E-state index >= 15 is 0 Å². The highest BCUT2D eigenvalue weighted by molar-refractivity contribution is 7.08. The molecule has 0 saturated carbocycles. The fraction of sp³-hybridized carbons (Fsp3) is 0.370. The van der Waals surface area contributed by atoms with E-state index in [1.165, 1.54) is 0 Å². The summed E-state index contributed by atoms with van der Waals surface area (Å²) in [6.45, 7) is 6.14. The summed E-state index contributed by atoms with van der Waals surface area (Å²) < 4.78 is 5.89. The van der Waals surface area contributed by atoms with E-state index in [2.05, 4.69) is 6.92 Å². The Morgan fingerprint density at radius 1 is 1.00 bits per heavy atom. The molecular formula is C27H33NO4S.